The molecule has 4 unspecified atom stereocenters. The molecule has 0 saturated heterocycles. The topological polar surface area (TPSA) is 95.1 Å². The molecule has 0 aliphatic heterocycles. The quantitative estimate of drug-likeness (QED) is 0.328. The first-order chi connectivity index (χ1) is 17.5. The number of nitrogens with zero attached hydrogens (tertiary/aromatic N) is 1. The number of aliphatic hydroxyl groups is 1. The van der Waals surface area contributed by atoms with E-state index in [-0.39, 0.29) is 29.6 Å². The van der Waals surface area contributed by atoms with Crippen LogP contribution < -0.4 is 5.32 Å². The lowest BCUT2D eigenvalue weighted by molar-refractivity contribution is -0.122. The van der Waals surface area contributed by atoms with Gasteiger partial charge in [0.05, 0.1) is 17.3 Å². The molecule has 3 N–H and O–H groups in total. The zero-order valence-electron chi connectivity index (χ0n) is 19.7. The van der Waals surface area contributed by atoms with Crippen LogP contribution in [0.25, 0.3) is 23.1 Å². The molecule has 180 valence electrons. The van der Waals surface area contributed by atoms with E-state index >= 15 is 0 Å². The van der Waals surface area contributed by atoms with Gasteiger partial charge in [-0.15, -0.1) is 0 Å². The second-order valence-electron chi connectivity index (χ2n) is 9.92. The third-order valence-electron chi connectivity index (χ3n) is 7.60. The number of benzene rings is 3. The van der Waals surface area contributed by atoms with Gasteiger partial charge in [-0.2, -0.15) is 5.10 Å². The van der Waals surface area contributed by atoms with Crippen LogP contribution in [-0.2, 0) is 4.79 Å². The maximum absolute atomic E-state index is 13.3. The lowest BCUT2D eigenvalue weighted by Crippen LogP contribution is -2.33. The minimum absolute atomic E-state index is 0.0494. The third-order valence-corrected chi connectivity index (χ3v) is 7.60. The van der Waals surface area contributed by atoms with Crippen LogP contribution in [0.4, 0.5) is 5.69 Å². The highest BCUT2D eigenvalue weighted by Gasteiger charge is 2.48. The van der Waals surface area contributed by atoms with Gasteiger partial charge in [0.1, 0.15) is 0 Å². The summed E-state index contributed by atoms with van der Waals surface area (Å²) in [4.78, 5) is 26.1. The van der Waals surface area contributed by atoms with Crippen molar-refractivity contribution in [3.63, 3.8) is 0 Å². The monoisotopic (exact) mass is 477 g/mol. The number of ketones is 1. The van der Waals surface area contributed by atoms with Crippen molar-refractivity contribution < 1.29 is 14.7 Å². The SMILES string of the molecule is O=C(c1cccc(NC(=O)C2CC3CC(O)C2C3)c1)c1ccc2c(/C=C/c3ccccc3)n[nH]c2c1. The van der Waals surface area contributed by atoms with Crippen molar-refractivity contribution >= 4 is 40.4 Å². The minimum Gasteiger partial charge on any atom is -0.393 e. The summed E-state index contributed by atoms with van der Waals surface area (Å²) in [6.07, 6.45) is 6.16. The average molecular weight is 478 g/mol. The van der Waals surface area contributed by atoms with Crippen LogP contribution in [0.3, 0.4) is 0 Å². The van der Waals surface area contributed by atoms with Crippen molar-refractivity contribution in [2.24, 2.45) is 17.8 Å². The molecular formula is C30H27N3O3. The van der Waals surface area contributed by atoms with Gasteiger partial charge in [-0.25, -0.2) is 0 Å². The van der Waals surface area contributed by atoms with Gasteiger partial charge >= 0.3 is 0 Å². The van der Waals surface area contributed by atoms with E-state index in [2.05, 4.69) is 15.5 Å². The first kappa shape index (κ1) is 22.4. The summed E-state index contributed by atoms with van der Waals surface area (Å²) in [7, 11) is 0. The van der Waals surface area contributed by atoms with E-state index in [1.807, 2.05) is 60.7 Å². The van der Waals surface area contributed by atoms with E-state index < -0.39 is 0 Å². The molecule has 3 aromatic carbocycles. The van der Waals surface area contributed by atoms with Gasteiger partial charge in [0.2, 0.25) is 5.91 Å². The standard InChI is InChI=1S/C30H27N3O3/c34-28-15-19-13-24(28)25(14-19)30(36)31-22-8-4-7-20(16-22)29(35)21-10-11-23-26(32-33-27(23)17-21)12-9-18-5-2-1-3-6-18/h1-12,16-17,19,24-25,28,34H,13-15H2,(H,31,36)(H,32,33)/b12-9+. The number of amides is 1. The molecule has 1 amide bonds. The number of aromatic amines is 1. The third kappa shape index (κ3) is 4.25. The molecule has 6 rings (SSSR count). The number of H-pyrrole nitrogens is 1. The molecule has 2 aliphatic rings. The van der Waals surface area contributed by atoms with E-state index in [0.717, 1.165) is 41.4 Å². The molecule has 4 aromatic rings. The van der Waals surface area contributed by atoms with Crippen LogP contribution in [-0.4, -0.2) is 33.1 Å². The van der Waals surface area contributed by atoms with Gasteiger partial charge in [0.25, 0.3) is 0 Å². The van der Waals surface area contributed by atoms with Crippen LogP contribution in [0.1, 0.15) is 46.4 Å². The van der Waals surface area contributed by atoms with Crippen molar-refractivity contribution in [1.29, 1.82) is 0 Å². The summed E-state index contributed by atoms with van der Waals surface area (Å²) in [5.74, 6) is 0.139. The summed E-state index contributed by atoms with van der Waals surface area (Å²) in [6.45, 7) is 0. The molecule has 2 aliphatic carbocycles. The number of carbonyl (C=O) groups excluding carboxylic acids is 2. The molecule has 2 saturated carbocycles. The maximum Gasteiger partial charge on any atom is 0.227 e. The number of hydrogen-bond acceptors (Lipinski definition) is 4. The summed E-state index contributed by atoms with van der Waals surface area (Å²) in [5.41, 5.74) is 4.33. The Morgan fingerprint density at radius 3 is 2.56 bits per heavy atom. The number of fused-ring (bicyclic) bond motifs is 3. The first-order valence-electron chi connectivity index (χ1n) is 12.4. The second kappa shape index (κ2) is 9.21. The van der Waals surface area contributed by atoms with Crippen molar-refractivity contribution in [3.05, 3.63) is 95.2 Å². The molecule has 1 aromatic heterocycles. The largest absolute Gasteiger partial charge is 0.393 e. The fourth-order valence-corrected chi connectivity index (χ4v) is 5.80. The van der Waals surface area contributed by atoms with Gasteiger partial charge in [-0.1, -0.05) is 54.6 Å². The smallest absolute Gasteiger partial charge is 0.227 e. The predicted octanol–water partition coefficient (Wildman–Crippen LogP) is 5.31. The number of anilines is 1. The van der Waals surface area contributed by atoms with Gasteiger partial charge in [-0.05, 0) is 67.0 Å². The fourth-order valence-electron chi connectivity index (χ4n) is 5.80. The Morgan fingerprint density at radius 1 is 0.917 bits per heavy atom. The van der Waals surface area contributed by atoms with Crippen molar-refractivity contribution in [3.8, 4) is 0 Å². The summed E-state index contributed by atoms with van der Waals surface area (Å²) >= 11 is 0. The molecule has 2 bridgehead atoms. The number of carbonyl (C=O) groups is 2. The summed E-state index contributed by atoms with van der Waals surface area (Å²) in [5, 5.41) is 21.5. The number of hydrogen-bond donors (Lipinski definition) is 3. The fraction of sp³-hybridized carbons (Fsp3) is 0.233. The summed E-state index contributed by atoms with van der Waals surface area (Å²) < 4.78 is 0. The van der Waals surface area contributed by atoms with Crippen molar-refractivity contribution in [2.75, 3.05) is 5.32 Å². The molecule has 4 atom stereocenters. The van der Waals surface area contributed by atoms with Crippen LogP contribution in [0, 0.1) is 17.8 Å². The van der Waals surface area contributed by atoms with Crippen molar-refractivity contribution in [1.82, 2.24) is 10.2 Å². The van der Waals surface area contributed by atoms with Crippen LogP contribution in [0.5, 0.6) is 0 Å². The van der Waals surface area contributed by atoms with E-state index in [1.165, 1.54) is 0 Å². The molecular weight excluding hydrogens is 450 g/mol. The average Bonchev–Trinajstić information content (AvgIpc) is 3.61. The number of rotatable bonds is 6. The van der Waals surface area contributed by atoms with Crippen molar-refractivity contribution in [2.45, 2.75) is 25.4 Å². The molecule has 0 radical (unpaired) electrons. The molecule has 6 nitrogen and oxygen atoms in total. The molecule has 2 fully saturated rings. The minimum atomic E-state index is -0.376. The summed E-state index contributed by atoms with van der Waals surface area (Å²) in [6, 6.07) is 22.6. The highest BCUT2D eigenvalue weighted by atomic mass is 16.3. The normalized spacial score (nSPS) is 22.9. The lowest BCUT2D eigenvalue weighted by atomic mass is 9.86. The molecule has 1 heterocycles. The highest BCUT2D eigenvalue weighted by molar-refractivity contribution is 6.11. The van der Waals surface area contributed by atoms with E-state index in [4.69, 9.17) is 0 Å². The van der Waals surface area contributed by atoms with Gasteiger partial charge in [0.15, 0.2) is 5.78 Å². The van der Waals surface area contributed by atoms with E-state index in [9.17, 15) is 14.7 Å². The van der Waals surface area contributed by atoms with Crippen LogP contribution in [0.2, 0.25) is 0 Å². The Bertz CT molecular complexity index is 1470. The number of aromatic nitrogens is 2. The lowest BCUT2D eigenvalue weighted by Gasteiger charge is -2.25. The number of aliphatic hydroxyl groups excluding tert-OH is 1. The van der Waals surface area contributed by atoms with E-state index in [1.54, 1.807) is 24.3 Å². The molecule has 36 heavy (non-hydrogen) atoms. The second-order valence-corrected chi connectivity index (χ2v) is 9.92. The van der Waals surface area contributed by atoms with Gasteiger partial charge in [0, 0.05) is 28.1 Å². The van der Waals surface area contributed by atoms with Crippen LogP contribution in [0.15, 0.2) is 72.8 Å². The number of nitrogens with one attached hydrogen (secondary N) is 2. The predicted molar refractivity (Wildman–Crippen MR) is 140 cm³/mol. The Kier molecular flexibility index (Phi) is 5.74. The van der Waals surface area contributed by atoms with E-state index in [0.29, 0.717) is 22.7 Å². The zero-order valence-corrected chi connectivity index (χ0v) is 19.7. The molecule has 6 heteroatoms. The highest BCUT2D eigenvalue weighted by Crippen LogP contribution is 2.48. The Morgan fingerprint density at radius 2 is 1.75 bits per heavy atom. The van der Waals surface area contributed by atoms with Gasteiger partial charge < -0.3 is 10.4 Å². The first-order valence-corrected chi connectivity index (χ1v) is 12.4. The maximum atomic E-state index is 13.3. The Hall–Kier alpha value is -4.03. The zero-order chi connectivity index (χ0) is 24.6. The molecule has 0 spiro atoms. The Labute approximate surface area is 209 Å². The van der Waals surface area contributed by atoms with Crippen LogP contribution >= 0.6 is 0 Å². The van der Waals surface area contributed by atoms with Gasteiger partial charge in [-0.3, -0.25) is 14.7 Å². The Balaban J connectivity index is 1.18.